The third kappa shape index (κ3) is 9.35. The molecule has 0 aromatic heterocycles. The molecule has 0 saturated carbocycles. The van der Waals surface area contributed by atoms with Crippen molar-refractivity contribution < 1.29 is 19.1 Å². The third-order valence-electron chi connectivity index (χ3n) is 4.68. The molecule has 2 aromatic rings. The number of nitrogens with zero attached hydrogens (tertiary/aromatic N) is 1. The summed E-state index contributed by atoms with van der Waals surface area (Å²) in [7, 11) is 0. The number of carbonyl (C=O) groups is 2. The first-order valence-electron chi connectivity index (χ1n) is 11.3. The fourth-order valence-electron chi connectivity index (χ4n) is 3.02. The molecular formula is C26H35N3O4. The maximum Gasteiger partial charge on any atom is 0.262 e. The zero-order valence-corrected chi connectivity index (χ0v) is 20.1. The quantitative estimate of drug-likeness (QED) is 0.374. The number of amides is 2. The summed E-state index contributed by atoms with van der Waals surface area (Å²) >= 11 is 0. The van der Waals surface area contributed by atoms with Crippen molar-refractivity contribution >= 4 is 18.0 Å². The largest absolute Gasteiger partial charge is 0.493 e. The lowest BCUT2D eigenvalue weighted by Crippen LogP contribution is -2.47. The fourth-order valence-corrected chi connectivity index (χ4v) is 3.02. The van der Waals surface area contributed by atoms with E-state index in [2.05, 4.69) is 29.7 Å². The van der Waals surface area contributed by atoms with Crippen LogP contribution in [-0.2, 0) is 9.59 Å². The Morgan fingerprint density at radius 2 is 1.61 bits per heavy atom. The summed E-state index contributed by atoms with van der Waals surface area (Å²) in [6.07, 6.45) is 2.02. The highest BCUT2D eigenvalue weighted by molar-refractivity contribution is 5.89. The van der Waals surface area contributed by atoms with E-state index < -0.39 is 6.04 Å². The number of hydrazone groups is 1. The van der Waals surface area contributed by atoms with E-state index in [0.717, 1.165) is 11.1 Å². The molecule has 7 heteroatoms. The van der Waals surface area contributed by atoms with E-state index in [1.807, 2.05) is 63.2 Å². The average Bonchev–Trinajstić information content (AvgIpc) is 2.77. The van der Waals surface area contributed by atoms with Gasteiger partial charge in [-0.2, -0.15) is 5.10 Å². The second kappa shape index (κ2) is 13.3. The van der Waals surface area contributed by atoms with Gasteiger partial charge in [0.1, 0.15) is 17.5 Å². The predicted octanol–water partition coefficient (Wildman–Crippen LogP) is 4.09. The van der Waals surface area contributed by atoms with Gasteiger partial charge in [-0.05, 0) is 48.9 Å². The molecule has 2 amide bonds. The Kier molecular flexibility index (Phi) is 10.4. The highest BCUT2D eigenvalue weighted by Gasteiger charge is 2.22. The molecule has 0 aliphatic rings. The monoisotopic (exact) mass is 453 g/mol. The highest BCUT2D eigenvalue weighted by atomic mass is 16.5. The van der Waals surface area contributed by atoms with Crippen molar-refractivity contribution in [3.8, 4) is 11.5 Å². The van der Waals surface area contributed by atoms with Gasteiger partial charge in [0.2, 0.25) is 0 Å². The van der Waals surface area contributed by atoms with E-state index in [1.165, 1.54) is 0 Å². The van der Waals surface area contributed by atoms with Crippen LogP contribution in [0.15, 0.2) is 53.6 Å². The molecule has 2 N–H and O–H groups in total. The van der Waals surface area contributed by atoms with Crippen LogP contribution < -0.4 is 20.2 Å². The molecule has 0 heterocycles. The van der Waals surface area contributed by atoms with Crippen LogP contribution >= 0.6 is 0 Å². The maximum atomic E-state index is 12.7. The fraction of sp³-hybridized carbons (Fsp3) is 0.423. The van der Waals surface area contributed by atoms with Crippen LogP contribution in [0.2, 0.25) is 0 Å². The molecular weight excluding hydrogens is 418 g/mol. The number of aryl methyl sites for hydroxylation is 1. The van der Waals surface area contributed by atoms with Gasteiger partial charge in [-0.25, -0.2) is 5.43 Å². The smallest absolute Gasteiger partial charge is 0.262 e. The molecule has 0 aliphatic carbocycles. The summed E-state index contributed by atoms with van der Waals surface area (Å²) in [4.78, 5) is 25.1. The molecule has 0 saturated heterocycles. The van der Waals surface area contributed by atoms with Crippen molar-refractivity contribution in [2.75, 3.05) is 13.2 Å². The summed E-state index contributed by atoms with van der Waals surface area (Å²) in [6, 6.07) is 14.2. The van der Waals surface area contributed by atoms with E-state index in [9.17, 15) is 9.59 Å². The van der Waals surface area contributed by atoms with Crippen molar-refractivity contribution in [1.29, 1.82) is 0 Å². The van der Waals surface area contributed by atoms with Crippen LogP contribution in [0.25, 0.3) is 0 Å². The zero-order valence-electron chi connectivity index (χ0n) is 20.1. The highest BCUT2D eigenvalue weighted by Crippen LogP contribution is 2.17. The lowest BCUT2D eigenvalue weighted by atomic mass is 10.0. The van der Waals surface area contributed by atoms with Crippen molar-refractivity contribution in [3.63, 3.8) is 0 Å². The normalized spacial score (nSPS) is 12.1. The second-order valence-electron chi connectivity index (χ2n) is 8.78. The summed E-state index contributed by atoms with van der Waals surface area (Å²) < 4.78 is 11.4. The average molecular weight is 454 g/mol. The number of benzene rings is 2. The Labute approximate surface area is 196 Å². The van der Waals surface area contributed by atoms with Gasteiger partial charge in [0.05, 0.1) is 12.8 Å². The third-order valence-corrected chi connectivity index (χ3v) is 4.68. The molecule has 0 radical (unpaired) electrons. The first-order valence-corrected chi connectivity index (χ1v) is 11.3. The number of para-hydroxylation sites is 2. The van der Waals surface area contributed by atoms with Gasteiger partial charge in [0.25, 0.3) is 11.8 Å². The van der Waals surface area contributed by atoms with Crippen LogP contribution in [-0.4, -0.2) is 37.3 Å². The van der Waals surface area contributed by atoms with Gasteiger partial charge in [0, 0.05) is 5.56 Å². The summed E-state index contributed by atoms with van der Waals surface area (Å²) in [5.74, 6) is 1.18. The van der Waals surface area contributed by atoms with Crippen molar-refractivity contribution in [1.82, 2.24) is 10.7 Å². The number of ether oxygens (including phenoxy) is 2. The van der Waals surface area contributed by atoms with Crippen molar-refractivity contribution in [2.24, 2.45) is 16.9 Å². The number of rotatable bonds is 12. The van der Waals surface area contributed by atoms with Gasteiger partial charge < -0.3 is 14.8 Å². The van der Waals surface area contributed by atoms with E-state index in [4.69, 9.17) is 9.47 Å². The van der Waals surface area contributed by atoms with Gasteiger partial charge in [-0.15, -0.1) is 0 Å². The zero-order chi connectivity index (χ0) is 24.2. The number of carbonyl (C=O) groups excluding carboxylic acids is 2. The first kappa shape index (κ1) is 25.9. The molecule has 2 aromatic carbocycles. The van der Waals surface area contributed by atoms with Crippen molar-refractivity contribution in [3.05, 3.63) is 59.7 Å². The summed E-state index contributed by atoms with van der Waals surface area (Å²) in [5.41, 5.74) is 4.23. The van der Waals surface area contributed by atoms with Crippen molar-refractivity contribution in [2.45, 2.75) is 47.1 Å². The van der Waals surface area contributed by atoms with Gasteiger partial charge in [-0.1, -0.05) is 58.0 Å². The minimum absolute atomic E-state index is 0.170. The van der Waals surface area contributed by atoms with E-state index >= 15 is 0 Å². The number of nitrogens with one attached hydrogen (secondary N) is 2. The Bertz CT molecular complexity index is 941. The van der Waals surface area contributed by atoms with Gasteiger partial charge in [0.15, 0.2) is 6.61 Å². The van der Waals surface area contributed by atoms with Crippen LogP contribution in [0.4, 0.5) is 0 Å². The van der Waals surface area contributed by atoms with Crippen LogP contribution in [0, 0.1) is 18.8 Å². The molecule has 1 atom stereocenters. The number of hydrogen-bond donors (Lipinski definition) is 2. The molecule has 178 valence electrons. The minimum Gasteiger partial charge on any atom is -0.493 e. The van der Waals surface area contributed by atoms with E-state index in [-0.39, 0.29) is 24.3 Å². The van der Waals surface area contributed by atoms with Crippen LogP contribution in [0.1, 0.15) is 45.2 Å². The maximum absolute atomic E-state index is 12.7. The summed E-state index contributed by atoms with van der Waals surface area (Å²) in [6.45, 7) is 10.5. The van der Waals surface area contributed by atoms with E-state index in [1.54, 1.807) is 12.3 Å². The minimum atomic E-state index is -0.720. The Morgan fingerprint density at radius 3 is 2.27 bits per heavy atom. The standard InChI is InChI=1S/C26H35N3O4/c1-18(2)14-22(28-25(30)17-33-23-12-8-6-10-20(23)5)26(31)29-27-15-21-11-7-9-13-24(21)32-16-19(3)4/h6-13,15,18-19,22H,14,16-17H2,1-5H3,(H,28,30)(H,29,31)/b27-15-/t22-/m1/s1. The second-order valence-corrected chi connectivity index (χ2v) is 8.78. The predicted molar refractivity (Wildman–Crippen MR) is 131 cm³/mol. The molecule has 0 fully saturated rings. The molecule has 33 heavy (non-hydrogen) atoms. The SMILES string of the molecule is Cc1ccccc1OCC(=O)N[C@H](CC(C)C)C(=O)N/N=C\c1ccccc1OCC(C)C. The van der Waals surface area contributed by atoms with Gasteiger partial charge in [-0.3, -0.25) is 9.59 Å². The Morgan fingerprint density at radius 1 is 0.939 bits per heavy atom. The topological polar surface area (TPSA) is 89.0 Å². The molecule has 0 unspecified atom stereocenters. The Balaban J connectivity index is 1.96. The lowest BCUT2D eigenvalue weighted by Gasteiger charge is -2.19. The molecule has 0 bridgehead atoms. The summed E-state index contributed by atoms with van der Waals surface area (Å²) in [5, 5.41) is 6.84. The molecule has 0 aliphatic heterocycles. The molecule has 2 rings (SSSR count). The number of hydrogen-bond acceptors (Lipinski definition) is 5. The molecule has 7 nitrogen and oxygen atoms in total. The van der Waals surface area contributed by atoms with E-state index in [0.29, 0.717) is 30.4 Å². The first-order chi connectivity index (χ1) is 15.8. The van der Waals surface area contributed by atoms with Crippen LogP contribution in [0.3, 0.4) is 0 Å². The lowest BCUT2D eigenvalue weighted by molar-refractivity contribution is -0.130. The van der Waals surface area contributed by atoms with Crippen LogP contribution in [0.5, 0.6) is 11.5 Å². The Hall–Kier alpha value is -3.35. The molecule has 0 spiro atoms. The van der Waals surface area contributed by atoms with Gasteiger partial charge >= 0.3 is 0 Å².